The highest BCUT2D eigenvalue weighted by Crippen LogP contribution is 2.23. The number of hydrogen-bond donors (Lipinski definition) is 2. The highest BCUT2D eigenvalue weighted by Gasteiger charge is 2.16. The van der Waals surface area contributed by atoms with Gasteiger partial charge in [0.25, 0.3) is 0 Å². The lowest BCUT2D eigenvalue weighted by molar-refractivity contribution is -0.0504. The summed E-state index contributed by atoms with van der Waals surface area (Å²) in [6.07, 6.45) is 0. The van der Waals surface area contributed by atoms with Crippen molar-refractivity contribution in [2.75, 3.05) is 27.7 Å². The molecule has 1 heterocycles. The SMILES string of the molecule is CN=C(NCc1cc(C)ccc1OC(F)F)NCC(c1cccs1)N(C)C.I. The number of likely N-dealkylation sites (N-methyl/N-ethyl adjacent to an activating group) is 1. The van der Waals surface area contributed by atoms with Gasteiger partial charge in [0.15, 0.2) is 5.96 Å². The minimum Gasteiger partial charge on any atom is -0.434 e. The van der Waals surface area contributed by atoms with Gasteiger partial charge in [0, 0.05) is 30.6 Å². The van der Waals surface area contributed by atoms with Crippen molar-refractivity contribution < 1.29 is 13.5 Å². The summed E-state index contributed by atoms with van der Waals surface area (Å²) in [6.45, 7) is 0.0533. The van der Waals surface area contributed by atoms with E-state index in [0.29, 0.717) is 24.6 Å². The summed E-state index contributed by atoms with van der Waals surface area (Å²) in [5, 5.41) is 8.52. The first kappa shape index (κ1) is 24.6. The number of halogens is 3. The Morgan fingerprint density at radius 1 is 1.25 bits per heavy atom. The number of aliphatic imine (C=N–C) groups is 1. The lowest BCUT2D eigenvalue weighted by Crippen LogP contribution is -2.41. The highest BCUT2D eigenvalue weighted by molar-refractivity contribution is 14.0. The van der Waals surface area contributed by atoms with Gasteiger partial charge in [0.2, 0.25) is 0 Å². The first-order valence-corrected chi connectivity index (χ1v) is 9.47. The molecule has 0 aliphatic heterocycles. The van der Waals surface area contributed by atoms with Crippen LogP contribution in [0.3, 0.4) is 0 Å². The third-order valence-corrected chi connectivity index (χ3v) is 5.03. The monoisotopic (exact) mass is 524 g/mol. The number of thiophene rings is 1. The molecule has 2 N–H and O–H groups in total. The number of benzene rings is 1. The molecule has 0 saturated carbocycles. The van der Waals surface area contributed by atoms with Gasteiger partial charge in [0.05, 0.1) is 6.04 Å². The second kappa shape index (κ2) is 12.2. The van der Waals surface area contributed by atoms with Crippen molar-refractivity contribution in [2.24, 2.45) is 4.99 Å². The number of hydrogen-bond acceptors (Lipinski definition) is 4. The zero-order valence-corrected chi connectivity index (χ0v) is 19.6. The maximum Gasteiger partial charge on any atom is 0.387 e. The molecule has 0 fully saturated rings. The number of aryl methyl sites for hydroxylation is 1. The number of alkyl halides is 2. The second-order valence-corrected chi connectivity index (χ2v) is 7.27. The van der Waals surface area contributed by atoms with Crippen LogP contribution in [0.25, 0.3) is 0 Å². The van der Waals surface area contributed by atoms with E-state index < -0.39 is 6.61 Å². The summed E-state index contributed by atoms with van der Waals surface area (Å²) >= 11 is 1.71. The van der Waals surface area contributed by atoms with Gasteiger partial charge < -0.3 is 20.3 Å². The van der Waals surface area contributed by atoms with Crippen LogP contribution in [0.1, 0.15) is 22.0 Å². The van der Waals surface area contributed by atoms with Gasteiger partial charge in [-0.25, -0.2) is 0 Å². The molecule has 0 saturated heterocycles. The topological polar surface area (TPSA) is 48.9 Å². The number of ether oxygens (including phenoxy) is 1. The molecule has 2 rings (SSSR count). The molecule has 1 unspecified atom stereocenters. The van der Waals surface area contributed by atoms with Gasteiger partial charge in [0.1, 0.15) is 5.75 Å². The van der Waals surface area contributed by atoms with E-state index in [-0.39, 0.29) is 35.8 Å². The summed E-state index contributed by atoms with van der Waals surface area (Å²) in [6, 6.07) is 9.48. The fraction of sp³-hybridized carbons (Fsp3) is 0.421. The largest absolute Gasteiger partial charge is 0.434 e. The maximum atomic E-state index is 12.6. The van der Waals surface area contributed by atoms with Crippen LogP contribution in [0.2, 0.25) is 0 Å². The Morgan fingerprint density at radius 3 is 2.57 bits per heavy atom. The van der Waals surface area contributed by atoms with Gasteiger partial charge in [-0.05, 0) is 38.5 Å². The van der Waals surface area contributed by atoms with Crippen molar-refractivity contribution in [2.45, 2.75) is 26.1 Å². The van der Waals surface area contributed by atoms with E-state index in [9.17, 15) is 8.78 Å². The molecule has 0 spiro atoms. The first-order valence-electron chi connectivity index (χ1n) is 8.59. The van der Waals surface area contributed by atoms with Crippen molar-refractivity contribution in [1.29, 1.82) is 0 Å². The van der Waals surface area contributed by atoms with Crippen LogP contribution in [0.5, 0.6) is 5.75 Å². The van der Waals surface area contributed by atoms with E-state index in [0.717, 1.165) is 5.56 Å². The molecule has 0 aliphatic carbocycles. The molecule has 156 valence electrons. The van der Waals surface area contributed by atoms with E-state index >= 15 is 0 Å². The van der Waals surface area contributed by atoms with Gasteiger partial charge in [-0.15, -0.1) is 35.3 Å². The molecule has 9 heteroatoms. The number of guanidine groups is 1. The molecule has 1 aromatic heterocycles. The van der Waals surface area contributed by atoms with Crippen molar-refractivity contribution >= 4 is 41.3 Å². The maximum absolute atomic E-state index is 12.6. The van der Waals surface area contributed by atoms with Crippen molar-refractivity contribution in [1.82, 2.24) is 15.5 Å². The Morgan fingerprint density at radius 2 is 2.00 bits per heavy atom. The normalized spacial score (nSPS) is 12.6. The first-order chi connectivity index (χ1) is 12.9. The fourth-order valence-electron chi connectivity index (χ4n) is 2.67. The molecule has 28 heavy (non-hydrogen) atoms. The summed E-state index contributed by atoms with van der Waals surface area (Å²) in [5.74, 6) is 0.770. The van der Waals surface area contributed by atoms with Crippen molar-refractivity contribution in [3.05, 3.63) is 51.7 Å². The van der Waals surface area contributed by atoms with Crippen molar-refractivity contribution in [3.8, 4) is 5.75 Å². The van der Waals surface area contributed by atoms with Crippen LogP contribution in [0.15, 0.2) is 40.7 Å². The Labute approximate surface area is 186 Å². The summed E-state index contributed by atoms with van der Waals surface area (Å²) in [5.41, 5.74) is 1.63. The summed E-state index contributed by atoms with van der Waals surface area (Å²) in [4.78, 5) is 7.62. The van der Waals surface area contributed by atoms with Crippen LogP contribution in [-0.2, 0) is 6.54 Å². The van der Waals surface area contributed by atoms with Gasteiger partial charge in [-0.2, -0.15) is 8.78 Å². The average molecular weight is 524 g/mol. The minimum absolute atomic E-state index is 0. The standard InChI is InChI=1S/C19H26F2N4OS.HI/c1-13-7-8-16(26-18(20)21)14(10-13)11-23-19(22-2)24-12-15(25(3)4)17-6-5-9-27-17;/h5-10,15,18H,11-12H2,1-4H3,(H2,22,23,24);1H. The molecular weight excluding hydrogens is 497 g/mol. The van der Waals surface area contributed by atoms with E-state index in [4.69, 9.17) is 0 Å². The molecule has 0 radical (unpaired) electrons. The number of nitrogens with one attached hydrogen (secondary N) is 2. The van der Waals surface area contributed by atoms with Crippen molar-refractivity contribution in [3.63, 3.8) is 0 Å². The molecule has 0 aliphatic rings. The van der Waals surface area contributed by atoms with Crippen LogP contribution in [0, 0.1) is 6.92 Å². The lowest BCUT2D eigenvalue weighted by atomic mass is 10.1. The Bertz CT molecular complexity index is 742. The van der Waals surface area contributed by atoms with Gasteiger partial charge in [-0.3, -0.25) is 4.99 Å². The van der Waals surface area contributed by atoms with E-state index in [1.807, 2.05) is 33.2 Å². The fourth-order valence-corrected chi connectivity index (χ4v) is 3.59. The van der Waals surface area contributed by atoms with Gasteiger partial charge >= 0.3 is 6.61 Å². The number of nitrogens with zero attached hydrogens (tertiary/aromatic N) is 2. The number of rotatable bonds is 8. The van der Waals surface area contributed by atoms with E-state index in [1.54, 1.807) is 30.5 Å². The molecule has 1 aromatic carbocycles. The smallest absolute Gasteiger partial charge is 0.387 e. The van der Waals surface area contributed by atoms with E-state index in [1.165, 1.54) is 4.88 Å². The quantitative estimate of drug-likeness (QED) is 0.308. The summed E-state index contributed by atoms with van der Waals surface area (Å²) < 4.78 is 29.8. The molecule has 1 atom stereocenters. The predicted molar refractivity (Wildman–Crippen MR) is 122 cm³/mol. The van der Waals surface area contributed by atoms with Crippen LogP contribution >= 0.6 is 35.3 Å². The summed E-state index contributed by atoms with van der Waals surface area (Å²) in [7, 11) is 5.74. The van der Waals surface area contributed by atoms with E-state index in [2.05, 4.69) is 36.7 Å². The minimum atomic E-state index is -2.85. The Hall–Kier alpha value is -1.46. The highest BCUT2D eigenvalue weighted by atomic mass is 127. The predicted octanol–water partition coefficient (Wildman–Crippen LogP) is 4.24. The molecule has 0 bridgehead atoms. The molecular formula is C19H27F2IN4OS. The Balaban J connectivity index is 0.00000392. The lowest BCUT2D eigenvalue weighted by Gasteiger charge is -2.24. The zero-order valence-electron chi connectivity index (χ0n) is 16.4. The molecule has 0 amide bonds. The Kier molecular flexibility index (Phi) is 10.7. The third-order valence-electron chi connectivity index (χ3n) is 4.06. The second-order valence-electron chi connectivity index (χ2n) is 6.29. The van der Waals surface area contributed by atoms with Gasteiger partial charge in [-0.1, -0.05) is 23.8 Å². The van der Waals surface area contributed by atoms with Crippen LogP contribution in [-0.4, -0.2) is 45.2 Å². The molecule has 5 nitrogen and oxygen atoms in total. The van der Waals surface area contributed by atoms with Crippen LogP contribution in [0.4, 0.5) is 8.78 Å². The van der Waals surface area contributed by atoms with Crippen LogP contribution < -0.4 is 15.4 Å². The average Bonchev–Trinajstić information content (AvgIpc) is 3.13. The zero-order chi connectivity index (χ0) is 19.8. The molecule has 2 aromatic rings. The third kappa shape index (κ3) is 7.51.